The van der Waals surface area contributed by atoms with Crippen molar-refractivity contribution in [3.05, 3.63) is 637 Å². The first-order chi connectivity index (χ1) is 70.5. The highest BCUT2D eigenvalue weighted by atomic mass is 15.2. The Hall–Kier alpha value is -16.7. The fraction of sp³-hybridized carbons (Fsp3) is 0.129. The van der Waals surface area contributed by atoms with Gasteiger partial charge in [0.05, 0.1) is 17.1 Å². The third kappa shape index (κ3) is 25.2. The maximum Gasteiger partial charge on any atom is 0.0618 e. The highest BCUT2D eigenvalue weighted by Gasteiger charge is 2.29. The van der Waals surface area contributed by atoms with Gasteiger partial charge < -0.3 is 19.6 Å². The van der Waals surface area contributed by atoms with E-state index in [0.29, 0.717) is 0 Å². The van der Waals surface area contributed by atoms with Crippen LogP contribution >= 0.6 is 0 Å². The van der Waals surface area contributed by atoms with Gasteiger partial charge >= 0.3 is 0 Å². The maximum atomic E-state index is 2.43. The average molecular weight is 1870 g/mol. The summed E-state index contributed by atoms with van der Waals surface area (Å²) in [5.74, 6) is 0. The molecule has 0 unspecified atom stereocenters. The number of allylic oxidation sites excluding steroid dienone is 1. The number of hydrogen-bond donors (Lipinski definition) is 0. The molecule has 4 heteroatoms. The Bertz CT molecular complexity index is 7070. The molecule has 0 spiro atoms. The van der Waals surface area contributed by atoms with Gasteiger partial charge in [-0.3, -0.25) is 0 Å². The van der Waals surface area contributed by atoms with Crippen molar-refractivity contribution in [1.29, 1.82) is 0 Å². The summed E-state index contributed by atoms with van der Waals surface area (Å²) >= 11 is 0. The topological polar surface area (TPSA) is 13.0 Å². The standard InChI is InChI=1S/C38H37N.C35H31N.C34H29N.C33H35N/c1-5-30-16-24-35(25-17-30)39(36-26-18-31(6-2)19-27-36)38(34-10-8-7-9-11-34)37(32-20-12-28(3)13-21-32)33-22-14-29(4)15-23-33;1-3-28-21-25-33(26-22-28)36(32-23-19-27(2)20-24-32)35(31-17-11-6-12-18-31)34(29-13-7-4-8-14-29)30-15-9-5-10-16-30;1-26-18-22-28(23-19-26)33(29-24-20-27(2)21-25-29)34(30-12-6-3-7-13-30)35(31-14-8-4-9-15-31)32-16-10-5-11-17-32;1-6-27-12-20-31(21-13-27)34(32-22-14-28(7-2)15-23-32)26(5)33(29-16-8-24(3)9-17-29)30-18-10-25(4)11-19-30/h7-27H,5-6H2,1-4H3;4-26H,3H2,1-2H3;3-25H,1-2H3;8-23H,6-7H2,1-5H3. The summed E-state index contributed by atoms with van der Waals surface area (Å²) in [7, 11) is 0. The van der Waals surface area contributed by atoms with Crippen molar-refractivity contribution >= 4 is 84.9 Å². The Labute approximate surface area is 857 Å². The lowest BCUT2D eigenvalue weighted by Gasteiger charge is -2.31. The molecule has 0 heterocycles. The third-order valence-corrected chi connectivity index (χ3v) is 26.7. The van der Waals surface area contributed by atoms with Crippen LogP contribution in [0, 0.1) is 48.5 Å². The zero-order valence-electron chi connectivity index (χ0n) is 85.7. The molecule has 712 valence electrons. The molecule has 0 amide bonds. The lowest BCUT2D eigenvalue weighted by atomic mass is 9.91. The van der Waals surface area contributed by atoms with Crippen LogP contribution in [0.5, 0.6) is 0 Å². The number of para-hydroxylation sites is 2. The van der Waals surface area contributed by atoms with Crippen LogP contribution in [0.3, 0.4) is 0 Å². The highest BCUT2D eigenvalue weighted by Crippen LogP contribution is 2.48. The van der Waals surface area contributed by atoms with Crippen LogP contribution in [0.15, 0.2) is 509 Å². The quantitative estimate of drug-likeness (QED) is 0.0453. The molecule has 19 aromatic carbocycles. The molecule has 0 atom stereocenters. The lowest BCUT2D eigenvalue weighted by Crippen LogP contribution is -2.18. The van der Waals surface area contributed by atoms with Crippen molar-refractivity contribution in [3.63, 3.8) is 0 Å². The molecule has 19 rings (SSSR count). The number of aryl methyl sites for hydroxylation is 12. The van der Waals surface area contributed by atoms with Crippen LogP contribution in [0.1, 0.15) is 170 Å². The van der Waals surface area contributed by atoms with E-state index in [1.807, 2.05) is 0 Å². The monoisotopic (exact) mass is 1870 g/mol. The van der Waals surface area contributed by atoms with Crippen LogP contribution in [-0.4, -0.2) is 0 Å². The van der Waals surface area contributed by atoms with E-state index in [-0.39, 0.29) is 0 Å². The summed E-state index contributed by atoms with van der Waals surface area (Å²) in [5, 5.41) is 0. The van der Waals surface area contributed by atoms with E-state index in [0.717, 1.165) is 88.9 Å². The van der Waals surface area contributed by atoms with Gasteiger partial charge in [0.25, 0.3) is 0 Å². The molecule has 0 aliphatic heterocycles. The summed E-state index contributed by atoms with van der Waals surface area (Å²) in [6, 6.07) is 182. The average Bonchev–Trinajstić information content (AvgIpc) is 0.784. The molecule has 0 saturated heterocycles. The van der Waals surface area contributed by atoms with Crippen molar-refractivity contribution in [1.82, 2.24) is 0 Å². The van der Waals surface area contributed by atoms with Gasteiger partial charge in [0.2, 0.25) is 0 Å². The van der Waals surface area contributed by atoms with Crippen molar-refractivity contribution in [3.8, 4) is 0 Å². The van der Waals surface area contributed by atoms with E-state index >= 15 is 0 Å². The minimum Gasteiger partial charge on any atom is -0.314 e. The van der Waals surface area contributed by atoms with E-state index in [1.54, 1.807) is 0 Å². The zero-order valence-corrected chi connectivity index (χ0v) is 85.7. The molecule has 0 aliphatic carbocycles. The predicted octanol–water partition coefficient (Wildman–Crippen LogP) is 37.6. The molecule has 4 nitrogen and oxygen atoms in total. The summed E-state index contributed by atoms with van der Waals surface area (Å²) < 4.78 is 0. The molecule has 0 aliphatic rings. The Morgan fingerprint density at radius 3 is 0.465 bits per heavy atom. The first-order valence-electron chi connectivity index (χ1n) is 51.0. The summed E-state index contributed by atoms with van der Waals surface area (Å²) in [4.78, 5) is 9.62. The van der Waals surface area contributed by atoms with Gasteiger partial charge in [-0.1, -0.05) is 480 Å². The molecule has 19 aromatic rings. The number of benzene rings is 19. The van der Waals surface area contributed by atoms with Crippen molar-refractivity contribution < 1.29 is 0 Å². The Morgan fingerprint density at radius 1 is 0.139 bits per heavy atom. The number of hydrogen-bond acceptors (Lipinski definition) is 4. The van der Waals surface area contributed by atoms with E-state index in [1.165, 1.54) is 162 Å². The van der Waals surface area contributed by atoms with E-state index < -0.39 is 0 Å². The van der Waals surface area contributed by atoms with Gasteiger partial charge in [-0.25, -0.2) is 0 Å². The number of anilines is 8. The Morgan fingerprint density at radius 2 is 0.278 bits per heavy atom. The molecular weight excluding hydrogens is 1740 g/mol. The largest absolute Gasteiger partial charge is 0.314 e. The number of nitrogens with zero attached hydrogens (tertiary/aromatic N) is 4. The van der Waals surface area contributed by atoms with Gasteiger partial charge in [0.15, 0.2) is 0 Å². The first-order valence-corrected chi connectivity index (χ1v) is 51.0. The van der Waals surface area contributed by atoms with Crippen LogP contribution in [0.25, 0.3) is 39.4 Å². The van der Waals surface area contributed by atoms with Crippen LogP contribution < -0.4 is 19.6 Å². The second-order valence-corrected chi connectivity index (χ2v) is 37.1. The van der Waals surface area contributed by atoms with Gasteiger partial charge in [-0.2, -0.15) is 0 Å². The minimum absolute atomic E-state index is 1.02. The molecular formula is C140H132N4. The SMILES string of the molecule is CCc1ccc(N(C(=C(c2ccc(C)cc2)c2ccc(C)cc2)c2ccccc2)c2ccc(CC)cc2)cc1.CCc1ccc(N(C(=C(c2ccccc2)c2ccccc2)c2ccccc2)c2ccc(C)cc2)cc1.CCc1ccc(N(C(C)=C(c2ccc(C)cc2)c2ccc(C)cc2)c2ccc(CC)cc2)cc1.Cc1ccc(C(=C(c2ccccc2)N(c2ccccc2)c2ccccc2)c2ccc(C)cc2)cc1. The Kier molecular flexibility index (Phi) is 34.5. The minimum atomic E-state index is 1.02. The maximum absolute atomic E-state index is 2.43. The van der Waals surface area contributed by atoms with Gasteiger partial charge in [0.1, 0.15) is 0 Å². The molecule has 144 heavy (non-hydrogen) atoms. The second-order valence-electron chi connectivity index (χ2n) is 37.1. The third-order valence-electron chi connectivity index (χ3n) is 26.7. The number of rotatable bonds is 28. The van der Waals surface area contributed by atoms with Crippen LogP contribution in [0.4, 0.5) is 45.5 Å². The fourth-order valence-corrected chi connectivity index (χ4v) is 18.5. The normalized spacial score (nSPS) is 10.7. The predicted molar refractivity (Wildman–Crippen MR) is 620 cm³/mol. The molecule has 0 bridgehead atoms. The van der Waals surface area contributed by atoms with E-state index in [4.69, 9.17) is 0 Å². The Balaban J connectivity index is 0.000000138. The molecule has 0 saturated carbocycles. The van der Waals surface area contributed by atoms with E-state index in [2.05, 4.69) is 613 Å². The van der Waals surface area contributed by atoms with Gasteiger partial charge in [0, 0.05) is 73.5 Å². The van der Waals surface area contributed by atoms with Gasteiger partial charge in [-0.05, 0) is 274 Å². The van der Waals surface area contributed by atoms with Crippen LogP contribution in [-0.2, 0) is 32.1 Å². The first kappa shape index (κ1) is 100. The lowest BCUT2D eigenvalue weighted by molar-refractivity contribution is 1.11. The van der Waals surface area contributed by atoms with Crippen molar-refractivity contribution in [2.24, 2.45) is 0 Å². The van der Waals surface area contributed by atoms with Gasteiger partial charge in [-0.15, -0.1) is 0 Å². The molecule has 0 N–H and O–H groups in total. The summed E-state index contributed by atoms with van der Waals surface area (Å²) in [6.07, 6.45) is 5.14. The summed E-state index contributed by atoms with van der Waals surface area (Å²) in [6.45, 7) is 28.3. The fourth-order valence-electron chi connectivity index (χ4n) is 18.5. The highest BCUT2D eigenvalue weighted by molar-refractivity contribution is 6.09. The van der Waals surface area contributed by atoms with Crippen molar-refractivity contribution in [2.45, 2.75) is 122 Å². The molecule has 0 radical (unpaired) electrons. The van der Waals surface area contributed by atoms with E-state index in [9.17, 15) is 0 Å². The molecule has 0 aromatic heterocycles. The summed E-state index contributed by atoms with van der Waals surface area (Å²) in [5.41, 5.74) is 47.3. The smallest absolute Gasteiger partial charge is 0.0618 e. The zero-order chi connectivity index (χ0) is 100. The van der Waals surface area contributed by atoms with Crippen molar-refractivity contribution in [2.75, 3.05) is 19.6 Å². The molecule has 0 fully saturated rings. The second kappa shape index (κ2) is 49.5. The van der Waals surface area contributed by atoms with Crippen LogP contribution in [0.2, 0.25) is 0 Å².